The van der Waals surface area contributed by atoms with Gasteiger partial charge < -0.3 is 25.9 Å². The number of phenols is 1. The van der Waals surface area contributed by atoms with Crippen molar-refractivity contribution in [1.82, 2.24) is 10.6 Å². The lowest BCUT2D eigenvalue weighted by Gasteiger charge is -2.34. The number of phenolic OH excluding ortho intramolecular Hbond substituents is 1. The van der Waals surface area contributed by atoms with E-state index in [1.54, 1.807) is 32.9 Å². The molecule has 0 aromatic heterocycles. The van der Waals surface area contributed by atoms with Gasteiger partial charge in [-0.1, -0.05) is 32.4 Å². The molecule has 8 nitrogen and oxygen atoms in total. The van der Waals surface area contributed by atoms with Crippen molar-refractivity contribution in [1.29, 1.82) is 5.41 Å². The van der Waals surface area contributed by atoms with Gasteiger partial charge in [-0.2, -0.15) is 0 Å². The van der Waals surface area contributed by atoms with Crippen LogP contribution in [0.1, 0.15) is 57.3 Å². The van der Waals surface area contributed by atoms with Crippen LogP contribution in [0, 0.1) is 17.2 Å². The van der Waals surface area contributed by atoms with Gasteiger partial charge in [0.15, 0.2) is 0 Å². The largest absolute Gasteiger partial charge is 0.507 e. The first-order valence-corrected chi connectivity index (χ1v) is 10.3. The Labute approximate surface area is 176 Å². The van der Waals surface area contributed by atoms with Gasteiger partial charge in [0.25, 0.3) is 5.91 Å². The van der Waals surface area contributed by atoms with Crippen LogP contribution in [-0.2, 0) is 14.3 Å². The molecule has 3 unspecified atom stereocenters. The lowest BCUT2D eigenvalue weighted by atomic mass is 9.79. The third-order valence-electron chi connectivity index (χ3n) is 5.37. The van der Waals surface area contributed by atoms with Crippen molar-refractivity contribution in [2.45, 2.75) is 65.1 Å². The van der Waals surface area contributed by atoms with Gasteiger partial charge >= 0.3 is 5.97 Å². The van der Waals surface area contributed by atoms with Crippen LogP contribution in [0.2, 0.25) is 0 Å². The van der Waals surface area contributed by atoms with E-state index in [0.717, 1.165) is 19.3 Å². The zero-order chi connectivity index (χ0) is 22.4. The quantitative estimate of drug-likeness (QED) is 0.362. The average Bonchev–Trinajstić information content (AvgIpc) is 2.63. The predicted molar refractivity (Wildman–Crippen MR) is 112 cm³/mol. The summed E-state index contributed by atoms with van der Waals surface area (Å²) in [5.41, 5.74) is 0.171. The molecule has 0 radical (unpaired) electrons. The van der Waals surface area contributed by atoms with Crippen LogP contribution in [-0.4, -0.2) is 46.8 Å². The highest BCUT2D eigenvalue weighted by Gasteiger charge is 2.37. The second-order valence-electron chi connectivity index (χ2n) is 8.13. The molecule has 0 aliphatic heterocycles. The minimum absolute atomic E-state index is 0.0304. The second kappa shape index (κ2) is 10.2. The minimum Gasteiger partial charge on any atom is -0.507 e. The molecule has 8 heteroatoms. The average molecular weight is 418 g/mol. The van der Waals surface area contributed by atoms with Crippen molar-refractivity contribution in [2.24, 2.45) is 11.8 Å². The Kier molecular flexibility index (Phi) is 7.97. The van der Waals surface area contributed by atoms with Crippen molar-refractivity contribution in [2.75, 3.05) is 0 Å². The lowest BCUT2D eigenvalue weighted by Crippen LogP contribution is -2.53. The van der Waals surface area contributed by atoms with Crippen LogP contribution in [0.15, 0.2) is 24.3 Å². The SMILES string of the molecule is CC(=N)C(NC(=O)c1ccccc1O)C(C)OC(=O)C(NC(=O)C(C)C)C1CCC1. The van der Waals surface area contributed by atoms with E-state index >= 15 is 0 Å². The molecular weight excluding hydrogens is 386 g/mol. The number of amides is 2. The summed E-state index contributed by atoms with van der Waals surface area (Å²) in [6.07, 6.45) is 1.84. The Hall–Kier alpha value is -2.90. The molecule has 0 heterocycles. The number of rotatable bonds is 9. The number of ether oxygens (including phenoxy) is 1. The van der Waals surface area contributed by atoms with Crippen LogP contribution < -0.4 is 10.6 Å². The van der Waals surface area contributed by atoms with E-state index in [4.69, 9.17) is 10.1 Å². The van der Waals surface area contributed by atoms with Crippen molar-refractivity contribution < 1.29 is 24.2 Å². The van der Waals surface area contributed by atoms with E-state index in [-0.39, 0.29) is 34.8 Å². The molecule has 1 aliphatic rings. The molecule has 0 saturated heterocycles. The number of nitrogens with one attached hydrogen (secondary N) is 3. The molecule has 2 amide bonds. The van der Waals surface area contributed by atoms with Crippen molar-refractivity contribution in [3.05, 3.63) is 29.8 Å². The summed E-state index contributed by atoms with van der Waals surface area (Å²) < 4.78 is 5.57. The monoisotopic (exact) mass is 417 g/mol. The molecule has 164 valence electrons. The number of benzene rings is 1. The van der Waals surface area contributed by atoms with Gasteiger partial charge in [0.2, 0.25) is 5.91 Å². The molecule has 2 rings (SSSR count). The maximum Gasteiger partial charge on any atom is 0.329 e. The fourth-order valence-corrected chi connectivity index (χ4v) is 3.25. The molecule has 0 spiro atoms. The first-order valence-electron chi connectivity index (χ1n) is 10.3. The minimum atomic E-state index is -0.871. The number of carbonyl (C=O) groups excluding carboxylic acids is 3. The summed E-state index contributed by atoms with van der Waals surface area (Å²) in [6, 6.07) is 4.46. The molecular formula is C22H31N3O5. The summed E-state index contributed by atoms with van der Waals surface area (Å²) >= 11 is 0. The van der Waals surface area contributed by atoms with Crippen LogP contribution in [0.5, 0.6) is 5.75 Å². The Balaban J connectivity index is 2.08. The number of para-hydroxylation sites is 1. The number of hydrogen-bond donors (Lipinski definition) is 4. The Morgan fingerprint density at radius 2 is 1.77 bits per heavy atom. The summed E-state index contributed by atoms with van der Waals surface area (Å²) in [4.78, 5) is 37.5. The van der Waals surface area contributed by atoms with Crippen molar-refractivity contribution in [3.63, 3.8) is 0 Å². The van der Waals surface area contributed by atoms with Crippen LogP contribution in [0.3, 0.4) is 0 Å². The van der Waals surface area contributed by atoms with E-state index in [1.165, 1.54) is 19.1 Å². The van der Waals surface area contributed by atoms with Crippen LogP contribution in [0.25, 0.3) is 0 Å². The summed E-state index contributed by atoms with van der Waals surface area (Å²) in [7, 11) is 0. The predicted octanol–water partition coefficient (Wildman–Crippen LogP) is 2.40. The van der Waals surface area contributed by atoms with Gasteiger partial charge in [0.05, 0.1) is 5.56 Å². The second-order valence-corrected chi connectivity index (χ2v) is 8.13. The highest BCUT2D eigenvalue weighted by molar-refractivity contribution is 6.00. The van der Waals surface area contributed by atoms with E-state index in [1.807, 2.05) is 0 Å². The van der Waals surface area contributed by atoms with E-state index in [2.05, 4.69) is 10.6 Å². The fourth-order valence-electron chi connectivity index (χ4n) is 3.25. The maximum atomic E-state index is 12.8. The third-order valence-corrected chi connectivity index (χ3v) is 5.37. The molecule has 3 atom stereocenters. The molecule has 4 N–H and O–H groups in total. The molecule has 1 aliphatic carbocycles. The number of carbonyl (C=O) groups is 3. The first-order chi connectivity index (χ1) is 14.1. The molecule has 30 heavy (non-hydrogen) atoms. The van der Waals surface area contributed by atoms with Gasteiger partial charge in [0.1, 0.15) is 23.9 Å². The van der Waals surface area contributed by atoms with Gasteiger partial charge in [-0.25, -0.2) is 4.79 Å². The Morgan fingerprint density at radius 3 is 2.27 bits per heavy atom. The van der Waals surface area contributed by atoms with Crippen LogP contribution >= 0.6 is 0 Å². The smallest absolute Gasteiger partial charge is 0.329 e. The van der Waals surface area contributed by atoms with Gasteiger partial charge in [-0.15, -0.1) is 0 Å². The van der Waals surface area contributed by atoms with E-state index in [9.17, 15) is 19.5 Å². The maximum absolute atomic E-state index is 12.8. The number of aromatic hydroxyl groups is 1. The van der Waals surface area contributed by atoms with Gasteiger partial charge in [-0.3, -0.25) is 9.59 Å². The van der Waals surface area contributed by atoms with E-state index in [0.29, 0.717) is 0 Å². The standard InChI is InChI=1S/C22H31N3O5/c1-12(2)20(27)25-19(15-8-7-9-15)22(29)30-14(4)18(13(3)23)24-21(28)16-10-5-6-11-17(16)26/h5-6,10-12,14-15,18-19,23,26H,7-9H2,1-4H3,(H,24,28)(H,25,27). The molecule has 1 aromatic carbocycles. The van der Waals surface area contributed by atoms with Gasteiger partial charge in [-0.05, 0) is 44.7 Å². The van der Waals surface area contributed by atoms with Crippen molar-refractivity contribution in [3.8, 4) is 5.75 Å². The van der Waals surface area contributed by atoms with Crippen molar-refractivity contribution >= 4 is 23.5 Å². The highest BCUT2D eigenvalue weighted by Crippen LogP contribution is 2.30. The van der Waals surface area contributed by atoms with Gasteiger partial charge in [0, 0.05) is 11.6 Å². The normalized spacial score (nSPS) is 16.7. The highest BCUT2D eigenvalue weighted by atomic mass is 16.5. The summed E-state index contributed by atoms with van der Waals surface area (Å²) in [5.74, 6) is -1.76. The Bertz CT molecular complexity index is 804. The number of esters is 1. The Morgan fingerprint density at radius 1 is 1.13 bits per heavy atom. The number of hydrogen-bond acceptors (Lipinski definition) is 6. The molecule has 1 aromatic rings. The molecule has 1 saturated carbocycles. The molecule has 0 bridgehead atoms. The zero-order valence-electron chi connectivity index (χ0n) is 17.9. The summed E-state index contributed by atoms with van der Waals surface area (Å²) in [6.45, 7) is 6.60. The van der Waals surface area contributed by atoms with E-state index < -0.39 is 30.1 Å². The zero-order valence-corrected chi connectivity index (χ0v) is 17.9. The fraction of sp³-hybridized carbons (Fsp3) is 0.545. The molecule has 1 fully saturated rings. The third kappa shape index (κ3) is 5.81. The first kappa shape index (κ1) is 23.4. The van der Waals surface area contributed by atoms with Crippen LogP contribution in [0.4, 0.5) is 0 Å². The summed E-state index contributed by atoms with van der Waals surface area (Å²) in [5, 5.41) is 23.3. The topological polar surface area (TPSA) is 129 Å². The lowest BCUT2D eigenvalue weighted by molar-refractivity contribution is -0.155.